The summed E-state index contributed by atoms with van der Waals surface area (Å²) in [6.45, 7) is 6.38. The van der Waals surface area contributed by atoms with E-state index < -0.39 is 5.97 Å². The highest BCUT2D eigenvalue weighted by molar-refractivity contribution is 7.99. The maximum absolute atomic E-state index is 11.6. The van der Waals surface area contributed by atoms with E-state index in [1.807, 2.05) is 36.9 Å². The standard InChI is InChI=1S/C23H38O2S/c1-4-6-8-10-16-21(13-7-5-2)18-26-22(19(3)23(24)25)17-20-14-11-9-12-15-20/h9,11-12,14-15,19,21-22H,4-8,10,13,16-18H2,1-3H3,(H,24,25). The van der Waals surface area contributed by atoms with Crippen LogP contribution in [-0.2, 0) is 11.2 Å². The van der Waals surface area contributed by atoms with Crippen molar-refractivity contribution in [1.82, 2.24) is 0 Å². The van der Waals surface area contributed by atoms with E-state index in [1.165, 1.54) is 56.9 Å². The number of unbranched alkanes of at least 4 members (excludes halogenated alkanes) is 4. The van der Waals surface area contributed by atoms with E-state index >= 15 is 0 Å². The molecule has 0 aromatic heterocycles. The number of carboxylic acids is 1. The summed E-state index contributed by atoms with van der Waals surface area (Å²) in [4.78, 5) is 11.6. The Labute approximate surface area is 165 Å². The summed E-state index contributed by atoms with van der Waals surface area (Å²) in [7, 11) is 0. The molecule has 1 rings (SSSR count). The van der Waals surface area contributed by atoms with Crippen molar-refractivity contribution in [2.75, 3.05) is 5.75 Å². The fourth-order valence-electron chi connectivity index (χ4n) is 3.31. The third kappa shape index (κ3) is 9.66. The molecule has 0 spiro atoms. The molecule has 1 aromatic carbocycles. The van der Waals surface area contributed by atoms with Gasteiger partial charge in [0.1, 0.15) is 0 Å². The third-order valence-electron chi connectivity index (χ3n) is 5.20. The first-order chi connectivity index (χ1) is 12.6. The van der Waals surface area contributed by atoms with Gasteiger partial charge in [-0.1, -0.05) is 89.6 Å². The van der Waals surface area contributed by atoms with Gasteiger partial charge in [-0.15, -0.1) is 0 Å². The molecule has 2 nitrogen and oxygen atoms in total. The highest BCUT2D eigenvalue weighted by Gasteiger charge is 2.25. The summed E-state index contributed by atoms with van der Waals surface area (Å²) in [6, 6.07) is 10.3. The molecule has 3 atom stereocenters. The van der Waals surface area contributed by atoms with Crippen molar-refractivity contribution >= 4 is 17.7 Å². The molecule has 3 unspecified atom stereocenters. The van der Waals surface area contributed by atoms with Crippen molar-refractivity contribution in [3.63, 3.8) is 0 Å². The minimum Gasteiger partial charge on any atom is -0.481 e. The minimum atomic E-state index is -0.675. The second-order valence-electron chi connectivity index (χ2n) is 7.55. The summed E-state index contributed by atoms with van der Waals surface area (Å²) in [6.07, 6.45) is 11.2. The summed E-state index contributed by atoms with van der Waals surface area (Å²) >= 11 is 1.89. The van der Waals surface area contributed by atoms with Crippen LogP contribution in [0.5, 0.6) is 0 Å². The monoisotopic (exact) mass is 378 g/mol. The van der Waals surface area contributed by atoms with Gasteiger partial charge in [-0.3, -0.25) is 4.79 Å². The van der Waals surface area contributed by atoms with Crippen LogP contribution >= 0.6 is 11.8 Å². The van der Waals surface area contributed by atoms with Crippen molar-refractivity contribution in [3.05, 3.63) is 35.9 Å². The van der Waals surface area contributed by atoms with E-state index in [-0.39, 0.29) is 11.2 Å². The lowest BCUT2D eigenvalue weighted by molar-refractivity contribution is -0.141. The molecule has 0 aliphatic heterocycles. The van der Waals surface area contributed by atoms with Crippen LogP contribution in [0.3, 0.4) is 0 Å². The Balaban J connectivity index is 2.62. The van der Waals surface area contributed by atoms with Crippen LogP contribution in [0.2, 0.25) is 0 Å². The van der Waals surface area contributed by atoms with Crippen molar-refractivity contribution in [1.29, 1.82) is 0 Å². The quantitative estimate of drug-likeness (QED) is 0.340. The average molecular weight is 379 g/mol. The summed E-state index contributed by atoms with van der Waals surface area (Å²) in [5, 5.41) is 9.67. The van der Waals surface area contributed by atoms with E-state index in [0.29, 0.717) is 0 Å². The number of carboxylic acid groups (broad SMARTS) is 1. The van der Waals surface area contributed by atoms with Gasteiger partial charge < -0.3 is 5.11 Å². The fraction of sp³-hybridized carbons (Fsp3) is 0.696. The molecule has 0 aliphatic carbocycles. The zero-order valence-electron chi connectivity index (χ0n) is 17.0. The van der Waals surface area contributed by atoms with E-state index in [1.54, 1.807) is 0 Å². The van der Waals surface area contributed by atoms with E-state index in [2.05, 4.69) is 26.0 Å². The molecular weight excluding hydrogens is 340 g/mol. The number of rotatable bonds is 15. The predicted molar refractivity (Wildman–Crippen MR) is 115 cm³/mol. The zero-order valence-corrected chi connectivity index (χ0v) is 17.8. The Kier molecular flexibility index (Phi) is 12.6. The second-order valence-corrected chi connectivity index (χ2v) is 8.82. The summed E-state index contributed by atoms with van der Waals surface area (Å²) in [5.41, 5.74) is 1.24. The Hall–Kier alpha value is -0.960. The number of aliphatic carboxylic acids is 1. The number of thioether (sulfide) groups is 1. The first-order valence-corrected chi connectivity index (χ1v) is 11.5. The number of hydrogen-bond donors (Lipinski definition) is 1. The minimum absolute atomic E-state index is 0.148. The van der Waals surface area contributed by atoms with Gasteiger partial charge in [0, 0.05) is 5.25 Å². The van der Waals surface area contributed by atoms with Crippen LogP contribution in [0.25, 0.3) is 0 Å². The number of hydrogen-bond acceptors (Lipinski definition) is 2. The lowest BCUT2D eigenvalue weighted by atomic mass is 9.97. The van der Waals surface area contributed by atoms with Gasteiger partial charge in [0.05, 0.1) is 5.92 Å². The van der Waals surface area contributed by atoms with E-state index in [9.17, 15) is 9.90 Å². The van der Waals surface area contributed by atoms with Gasteiger partial charge in [-0.2, -0.15) is 11.8 Å². The van der Waals surface area contributed by atoms with Crippen LogP contribution in [0.15, 0.2) is 30.3 Å². The van der Waals surface area contributed by atoms with Gasteiger partial charge in [-0.05, 0) is 36.5 Å². The third-order valence-corrected chi connectivity index (χ3v) is 6.87. The Morgan fingerprint density at radius 1 is 1.00 bits per heavy atom. The van der Waals surface area contributed by atoms with Crippen LogP contribution < -0.4 is 0 Å². The molecule has 0 fully saturated rings. The smallest absolute Gasteiger partial charge is 0.307 e. The molecule has 3 heteroatoms. The molecule has 0 aliphatic rings. The fourth-order valence-corrected chi connectivity index (χ4v) is 4.88. The van der Waals surface area contributed by atoms with Crippen molar-refractivity contribution in [3.8, 4) is 0 Å². The Bertz CT molecular complexity index is 474. The lowest BCUT2D eigenvalue weighted by Crippen LogP contribution is -2.26. The first-order valence-electron chi connectivity index (χ1n) is 10.5. The van der Waals surface area contributed by atoms with Gasteiger partial charge in [0.25, 0.3) is 0 Å². The molecule has 1 N–H and O–H groups in total. The number of carbonyl (C=O) groups is 1. The molecule has 0 amide bonds. The van der Waals surface area contributed by atoms with Crippen LogP contribution in [-0.4, -0.2) is 22.1 Å². The largest absolute Gasteiger partial charge is 0.481 e. The average Bonchev–Trinajstić information content (AvgIpc) is 2.65. The molecule has 1 aromatic rings. The van der Waals surface area contributed by atoms with Gasteiger partial charge in [0.2, 0.25) is 0 Å². The Morgan fingerprint density at radius 3 is 2.27 bits per heavy atom. The van der Waals surface area contributed by atoms with Gasteiger partial charge in [0.15, 0.2) is 0 Å². The number of benzene rings is 1. The maximum Gasteiger partial charge on any atom is 0.307 e. The first kappa shape index (κ1) is 23.1. The predicted octanol–water partition coefficient (Wildman–Crippen LogP) is 6.83. The second kappa shape index (κ2) is 14.1. The van der Waals surface area contributed by atoms with Gasteiger partial charge >= 0.3 is 5.97 Å². The topological polar surface area (TPSA) is 37.3 Å². The highest BCUT2D eigenvalue weighted by Crippen LogP contribution is 2.29. The SMILES string of the molecule is CCCCCCC(CCCC)CSC(Cc1ccccc1)C(C)C(=O)O. The van der Waals surface area contributed by atoms with Crippen molar-refractivity contribution in [2.24, 2.45) is 11.8 Å². The molecule has 0 bridgehead atoms. The molecule has 0 radical (unpaired) electrons. The summed E-state index contributed by atoms with van der Waals surface area (Å²) < 4.78 is 0. The van der Waals surface area contributed by atoms with E-state index in [0.717, 1.165) is 18.1 Å². The van der Waals surface area contributed by atoms with Crippen molar-refractivity contribution < 1.29 is 9.90 Å². The van der Waals surface area contributed by atoms with E-state index in [4.69, 9.17) is 0 Å². The Morgan fingerprint density at radius 2 is 1.65 bits per heavy atom. The molecule has 0 heterocycles. The lowest BCUT2D eigenvalue weighted by Gasteiger charge is -2.24. The van der Waals surface area contributed by atoms with Crippen molar-refractivity contribution in [2.45, 2.75) is 83.8 Å². The zero-order chi connectivity index (χ0) is 19.2. The van der Waals surface area contributed by atoms with Crippen LogP contribution in [0.1, 0.15) is 77.7 Å². The maximum atomic E-state index is 11.6. The normalized spacial score (nSPS) is 14.7. The molecule has 0 saturated heterocycles. The molecular formula is C23H38O2S. The molecule has 0 saturated carbocycles. The molecule has 26 heavy (non-hydrogen) atoms. The molecule has 148 valence electrons. The van der Waals surface area contributed by atoms with Crippen LogP contribution in [0.4, 0.5) is 0 Å². The van der Waals surface area contributed by atoms with Gasteiger partial charge in [-0.25, -0.2) is 0 Å². The highest BCUT2D eigenvalue weighted by atomic mass is 32.2. The summed E-state index contributed by atoms with van der Waals surface area (Å²) in [5.74, 6) is 0.844. The van der Waals surface area contributed by atoms with Crippen LogP contribution in [0, 0.1) is 11.8 Å².